The van der Waals surface area contributed by atoms with Crippen molar-refractivity contribution >= 4 is 34.8 Å². The lowest BCUT2D eigenvalue weighted by atomic mass is 10.3. The average Bonchev–Trinajstić information content (AvgIpc) is 3.79. The van der Waals surface area contributed by atoms with Crippen molar-refractivity contribution in [1.29, 1.82) is 10.5 Å². The molecule has 9 heteroatoms. The molecule has 0 radical (unpaired) electrons. The Hall–Kier alpha value is -5.32. The molecule has 0 aliphatic carbocycles. The van der Waals surface area contributed by atoms with Crippen LogP contribution in [0.15, 0.2) is 80.9 Å². The zero-order valence-corrected chi connectivity index (χ0v) is 22.8. The van der Waals surface area contributed by atoms with Crippen molar-refractivity contribution in [3.05, 3.63) is 105 Å². The minimum Gasteiger partial charge on any atom is -0.454 e. The van der Waals surface area contributed by atoms with Crippen LogP contribution in [0.25, 0.3) is 66.0 Å². The third kappa shape index (κ3) is 5.30. The Balaban J connectivity index is 1.43. The predicted octanol–water partition coefficient (Wildman–Crippen LogP) is 9.44. The summed E-state index contributed by atoms with van der Waals surface area (Å²) < 4.78 is 14.7. The first-order valence-electron chi connectivity index (χ1n) is 12.2. The summed E-state index contributed by atoms with van der Waals surface area (Å²) in [6, 6.07) is 23.2. The highest BCUT2D eigenvalue weighted by molar-refractivity contribution is 7.16. The Labute approximate surface area is 239 Å². The largest absolute Gasteiger partial charge is 0.454 e. The van der Waals surface area contributed by atoms with Crippen molar-refractivity contribution in [2.75, 3.05) is 0 Å². The lowest BCUT2D eigenvalue weighted by Gasteiger charge is -2.10. The standard InChI is InChI=1S/C31H19N5O2S2/c1-4-15-36-24(26-9-11-28(37-26)30-13-5-22(39-30)16-20(18-32)34-2)7-8-25(36)27-10-12-29(38-27)31-14-6-23(40-31)17-21(19-33)35-3/h5-14,16-17H,4,15H2,1H3/b20-16-,21-17+. The minimum absolute atomic E-state index is 0.0455. The first kappa shape index (κ1) is 26.3. The minimum atomic E-state index is 0.0455. The molecule has 0 saturated heterocycles. The molecule has 0 bridgehead atoms. The van der Waals surface area contributed by atoms with Crippen molar-refractivity contribution in [2.24, 2.45) is 0 Å². The van der Waals surface area contributed by atoms with Crippen LogP contribution in [0.1, 0.15) is 23.1 Å². The summed E-state index contributed by atoms with van der Waals surface area (Å²) in [4.78, 5) is 9.89. The van der Waals surface area contributed by atoms with Crippen LogP contribution in [0.4, 0.5) is 0 Å². The highest BCUT2D eigenvalue weighted by atomic mass is 32.1. The van der Waals surface area contributed by atoms with Gasteiger partial charge in [0.05, 0.1) is 46.4 Å². The van der Waals surface area contributed by atoms with E-state index in [4.69, 9.17) is 32.5 Å². The predicted molar refractivity (Wildman–Crippen MR) is 157 cm³/mol. The fourth-order valence-corrected chi connectivity index (χ4v) is 5.97. The van der Waals surface area contributed by atoms with Gasteiger partial charge in [0, 0.05) is 16.3 Å². The monoisotopic (exact) mass is 557 g/mol. The average molecular weight is 558 g/mol. The number of nitriles is 2. The zero-order chi connectivity index (χ0) is 28.1. The molecule has 0 aromatic carbocycles. The summed E-state index contributed by atoms with van der Waals surface area (Å²) in [5.74, 6) is 2.89. The van der Waals surface area contributed by atoms with Crippen molar-refractivity contribution < 1.29 is 8.83 Å². The van der Waals surface area contributed by atoms with E-state index in [2.05, 4.69) is 21.2 Å². The van der Waals surface area contributed by atoms with E-state index in [0.29, 0.717) is 11.5 Å². The molecule has 0 aliphatic heterocycles. The Kier molecular flexibility index (Phi) is 7.63. The van der Waals surface area contributed by atoms with E-state index in [1.807, 2.05) is 72.8 Å². The molecule has 5 rings (SSSR count). The van der Waals surface area contributed by atoms with Crippen LogP contribution in [0.2, 0.25) is 0 Å². The first-order chi connectivity index (χ1) is 19.6. The molecule has 0 amide bonds. The van der Waals surface area contributed by atoms with Crippen molar-refractivity contribution in [3.63, 3.8) is 0 Å². The highest BCUT2D eigenvalue weighted by Gasteiger charge is 2.18. The number of furan rings is 2. The van der Waals surface area contributed by atoms with Gasteiger partial charge in [-0.1, -0.05) is 6.92 Å². The van der Waals surface area contributed by atoms with Crippen LogP contribution in [-0.2, 0) is 6.54 Å². The first-order valence-corrected chi connectivity index (χ1v) is 13.8. The second-order valence-corrected chi connectivity index (χ2v) is 10.7. The summed E-state index contributed by atoms with van der Waals surface area (Å²) in [5.41, 5.74) is 1.96. The second kappa shape index (κ2) is 11.6. The van der Waals surface area contributed by atoms with Crippen LogP contribution in [0, 0.1) is 35.8 Å². The van der Waals surface area contributed by atoms with Crippen molar-refractivity contribution in [2.45, 2.75) is 19.9 Å². The smallest absolute Gasteiger partial charge is 0.263 e. The van der Waals surface area contributed by atoms with Crippen molar-refractivity contribution in [1.82, 2.24) is 4.57 Å². The van der Waals surface area contributed by atoms with Crippen molar-refractivity contribution in [3.8, 4) is 56.3 Å². The Morgan fingerprint density at radius 1 is 0.750 bits per heavy atom. The fourth-order valence-electron chi connectivity index (χ4n) is 4.15. The van der Waals surface area contributed by atoms with Gasteiger partial charge in [0.2, 0.25) is 0 Å². The third-order valence-electron chi connectivity index (χ3n) is 5.91. The van der Waals surface area contributed by atoms with Crippen LogP contribution >= 0.6 is 22.7 Å². The number of thiophene rings is 2. The van der Waals surface area contributed by atoms with Gasteiger partial charge >= 0.3 is 0 Å². The number of allylic oxidation sites excluding steroid dienone is 2. The molecule has 7 nitrogen and oxygen atoms in total. The molecule has 0 N–H and O–H groups in total. The molecule has 192 valence electrons. The van der Waals surface area contributed by atoms with Crippen LogP contribution < -0.4 is 0 Å². The van der Waals surface area contributed by atoms with Gasteiger partial charge < -0.3 is 13.4 Å². The molecule has 0 fully saturated rings. The molecule has 0 aliphatic rings. The molecule has 5 aromatic heterocycles. The molecule has 0 unspecified atom stereocenters. The van der Waals surface area contributed by atoms with Gasteiger partial charge in [-0.2, -0.15) is 0 Å². The van der Waals surface area contributed by atoms with E-state index in [9.17, 15) is 0 Å². The Bertz CT molecular complexity index is 1760. The topological polar surface area (TPSA) is 87.5 Å². The lowest BCUT2D eigenvalue weighted by Crippen LogP contribution is -2.00. The van der Waals surface area contributed by atoms with E-state index < -0.39 is 0 Å². The second-order valence-electron chi connectivity index (χ2n) is 8.49. The molecular weight excluding hydrogens is 539 g/mol. The fraction of sp³-hybridized carbons (Fsp3) is 0.0968. The van der Waals surface area contributed by atoms with Gasteiger partial charge in [-0.25, -0.2) is 20.2 Å². The summed E-state index contributed by atoms with van der Waals surface area (Å²) in [5, 5.41) is 18.1. The number of rotatable bonds is 8. The van der Waals surface area contributed by atoms with Crippen LogP contribution in [0.3, 0.4) is 0 Å². The number of hydrogen-bond acceptors (Lipinski definition) is 6. The van der Waals surface area contributed by atoms with E-state index in [-0.39, 0.29) is 11.4 Å². The third-order valence-corrected chi connectivity index (χ3v) is 8.01. The number of nitrogens with zero attached hydrogens (tertiary/aromatic N) is 5. The number of aromatic nitrogens is 1. The van der Waals surface area contributed by atoms with E-state index in [0.717, 1.165) is 55.4 Å². The van der Waals surface area contributed by atoms with Gasteiger partial charge in [0.25, 0.3) is 11.4 Å². The summed E-state index contributed by atoms with van der Waals surface area (Å²) in [7, 11) is 0. The SMILES string of the molecule is [C-]#[N+]/C(C#N)=C\c1ccc(-c2ccc(-c3ccc(-c4ccc(-c5ccc(/C=C(\C#N)[N+]#[C-])s5)o4)n3CCC)o2)s1. The summed E-state index contributed by atoms with van der Waals surface area (Å²) in [6.07, 6.45) is 4.07. The maximum absolute atomic E-state index is 9.03. The maximum Gasteiger partial charge on any atom is 0.263 e. The molecule has 5 aromatic rings. The van der Waals surface area contributed by atoms with Gasteiger partial charge in [0.15, 0.2) is 11.5 Å². The number of hydrogen-bond donors (Lipinski definition) is 0. The van der Waals surface area contributed by atoms with Gasteiger partial charge in [-0.3, -0.25) is 0 Å². The molecule has 5 heterocycles. The van der Waals surface area contributed by atoms with Gasteiger partial charge in [-0.15, -0.1) is 22.7 Å². The van der Waals surface area contributed by atoms with Crippen LogP contribution in [0.5, 0.6) is 0 Å². The van der Waals surface area contributed by atoms with E-state index >= 15 is 0 Å². The van der Waals surface area contributed by atoms with Crippen LogP contribution in [-0.4, -0.2) is 4.57 Å². The highest BCUT2D eigenvalue weighted by Crippen LogP contribution is 2.38. The lowest BCUT2D eigenvalue weighted by molar-refractivity contribution is 0.574. The summed E-state index contributed by atoms with van der Waals surface area (Å²) >= 11 is 2.92. The quantitative estimate of drug-likeness (QED) is 0.140. The van der Waals surface area contributed by atoms with Gasteiger partial charge in [0.1, 0.15) is 11.5 Å². The maximum atomic E-state index is 9.03. The normalized spacial score (nSPS) is 11.5. The van der Waals surface area contributed by atoms with E-state index in [1.54, 1.807) is 12.2 Å². The van der Waals surface area contributed by atoms with E-state index in [1.165, 1.54) is 22.7 Å². The zero-order valence-electron chi connectivity index (χ0n) is 21.2. The Morgan fingerprint density at radius 3 is 1.60 bits per heavy atom. The molecule has 40 heavy (non-hydrogen) atoms. The van der Waals surface area contributed by atoms with Gasteiger partial charge in [-0.05, 0) is 79.2 Å². The Morgan fingerprint density at radius 2 is 1.20 bits per heavy atom. The molecule has 0 spiro atoms. The molecular formula is C31H19N5O2S2. The molecule has 0 saturated carbocycles. The molecule has 0 atom stereocenters. The summed E-state index contributed by atoms with van der Waals surface area (Å²) in [6.45, 7) is 17.0.